The molecule has 2 heterocycles. The number of hydrogen-bond donors (Lipinski definition) is 1. The minimum absolute atomic E-state index is 0.0564. The largest absolute Gasteiger partial charge is 0.350 e. The number of amides is 1. The smallest absolute Gasteiger partial charge is 0.254 e. The number of thiophene rings is 1. The molecule has 1 atom stereocenters. The maximum atomic E-state index is 13.0. The molecule has 0 spiro atoms. The number of aryl methyl sites for hydroxylation is 1. The van der Waals surface area contributed by atoms with Crippen LogP contribution in [-0.4, -0.2) is 10.5 Å². The van der Waals surface area contributed by atoms with Crippen molar-refractivity contribution in [3.63, 3.8) is 0 Å². The van der Waals surface area contributed by atoms with Crippen LogP contribution in [0.2, 0.25) is 0 Å². The first-order chi connectivity index (χ1) is 12.2. The average Bonchev–Trinajstić information content (AvgIpc) is 3.29. The van der Waals surface area contributed by atoms with Crippen molar-refractivity contribution in [1.82, 2.24) is 9.88 Å². The summed E-state index contributed by atoms with van der Waals surface area (Å²) in [6.07, 6.45) is 1.90. The maximum absolute atomic E-state index is 13.0. The van der Waals surface area contributed by atoms with Gasteiger partial charge < -0.3 is 9.88 Å². The van der Waals surface area contributed by atoms with Crippen molar-refractivity contribution in [2.24, 2.45) is 7.05 Å². The molecule has 1 amide bonds. The van der Waals surface area contributed by atoms with Crippen molar-refractivity contribution >= 4 is 28.1 Å². The van der Waals surface area contributed by atoms with Gasteiger partial charge in [0.1, 0.15) is 0 Å². The number of nitrogens with zero attached hydrogens (tertiary/aromatic N) is 1. The van der Waals surface area contributed by atoms with Gasteiger partial charge >= 0.3 is 0 Å². The van der Waals surface area contributed by atoms with Crippen LogP contribution in [0.3, 0.4) is 0 Å². The summed E-state index contributed by atoms with van der Waals surface area (Å²) in [5, 5.41) is 6.23. The molecule has 3 nitrogen and oxygen atoms in total. The minimum atomic E-state index is -0.146. The number of carbonyl (C=O) groups excluding carboxylic acids is 1. The molecule has 4 rings (SSSR count). The van der Waals surface area contributed by atoms with E-state index in [4.69, 9.17) is 0 Å². The Morgan fingerprint density at radius 3 is 2.52 bits per heavy atom. The zero-order valence-corrected chi connectivity index (χ0v) is 14.7. The molecular weight excluding hydrogens is 328 g/mol. The first kappa shape index (κ1) is 15.7. The quantitative estimate of drug-likeness (QED) is 0.568. The lowest BCUT2D eigenvalue weighted by Crippen LogP contribution is -2.28. The summed E-state index contributed by atoms with van der Waals surface area (Å²) in [5.41, 5.74) is 2.84. The van der Waals surface area contributed by atoms with Crippen molar-refractivity contribution in [3.05, 3.63) is 94.3 Å². The highest BCUT2D eigenvalue weighted by Gasteiger charge is 2.21. The molecule has 1 N–H and O–H groups in total. The number of hydrogen-bond acceptors (Lipinski definition) is 2. The van der Waals surface area contributed by atoms with E-state index in [2.05, 4.69) is 11.4 Å². The lowest BCUT2D eigenvalue weighted by atomic mass is 10.0. The number of benzene rings is 2. The summed E-state index contributed by atoms with van der Waals surface area (Å²) in [5.74, 6) is -0.0564. The van der Waals surface area contributed by atoms with E-state index >= 15 is 0 Å². The first-order valence-corrected chi connectivity index (χ1v) is 9.05. The molecule has 2 aromatic carbocycles. The van der Waals surface area contributed by atoms with Crippen molar-refractivity contribution in [1.29, 1.82) is 0 Å². The van der Waals surface area contributed by atoms with Crippen molar-refractivity contribution in [3.8, 4) is 0 Å². The van der Waals surface area contributed by atoms with Crippen molar-refractivity contribution in [2.75, 3.05) is 0 Å². The number of aromatic nitrogens is 1. The van der Waals surface area contributed by atoms with Crippen LogP contribution in [0, 0.1) is 0 Å². The fraction of sp³-hybridized carbons (Fsp3) is 0.0952. The van der Waals surface area contributed by atoms with Crippen LogP contribution in [0.15, 0.2) is 78.3 Å². The SMILES string of the molecule is Cn1cc(C(=O)N[C@@H](c2ccccc2)c2cccs2)c2ccccc21. The van der Waals surface area contributed by atoms with E-state index in [9.17, 15) is 4.79 Å². The Balaban J connectivity index is 1.71. The second-order valence-electron chi connectivity index (χ2n) is 6.00. The summed E-state index contributed by atoms with van der Waals surface area (Å²) in [4.78, 5) is 14.2. The van der Waals surface area contributed by atoms with Gasteiger partial charge in [0.15, 0.2) is 0 Å². The number of carbonyl (C=O) groups is 1. The third-order valence-electron chi connectivity index (χ3n) is 4.38. The molecule has 0 unspecified atom stereocenters. The Morgan fingerprint density at radius 1 is 1.00 bits per heavy atom. The zero-order valence-electron chi connectivity index (χ0n) is 13.8. The lowest BCUT2D eigenvalue weighted by molar-refractivity contribution is 0.0945. The standard InChI is InChI=1S/C21H18N2OS/c1-23-14-17(16-10-5-6-11-18(16)23)21(24)22-20(19-12-7-13-25-19)15-8-3-2-4-9-15/h2-14,20H,1H3,(H,22,24)/t20-/m0/s1. The number of nitrogens with one attached hydrogen (secondary N) is 1. The van der Waals surface area contributed by atoms with Gasteiger partial charge in [-0.2, -0.15) is 0 Å². The van der Waals surface area contributed by atoms with Crippen LogP contribution < -0.4 is 5.32 Å². The van der Waals surface area contributed by atoms with E-state index < -0.39 is 0 Å². The Bertz CT molecular complexity index is 1000. The van der Waals surface area contributed by atoms with Gasteiger partial charge in [0.2, 0.25) is 0 Å². The second-order valence-corrected chi connectivity index (χ2v) is 6.98. The molecule has 124 valence electrons. The van der Waals surface area contributed by atoms with E-state index in [0.717, 1.165) is 21.3 Å². The third-order valence-corrected chi connectivity index (χ3v) is 5.31. The molecule has 4 heteroatoms. The van der Waals surface area contributed by atoms with E-state index in [1.807, 2.05) is 83.9 Å². The molecule has 0 aliphatic carbocycles. The van der Waals surface area contributed by atoms with Gasteiger partial charge in [-0.15, -0.1) is 11.3 Å². The van der Waals surface area contributed by atoms with Crippen LogP contribution in [0.1, 0.15) is 26.8 Å². The van der Waals surface area contributed by atoms with Gasteiger partial charge in [-0.05, 0) is 23.1 Å². The van der Waals surface area contributed by atoms with Gasteiger partial charge in [0.05, 0.1) is 11.6 Å². The summed E-state index contributed by atoms with van der Waals surface area (Å²) >= 11 is 1.65. The van der Waals surface area contributed by atoms with E-state index in [0.29, 0.717) is 5.56 Å². The fourth-order valence-electron chi connectivity index (χ4n) is 3.15. The Kier molecular flexibility index (Phi) is 4.12. The molecule has 4 aromatic rings. The molecular formula is C21H18N2OS. The van der Waals surface area contributed by atoms with E-state index in [1.165, 1.54) is 0 Å². The first-order valence-electron chi connectivity index (χ1n) is 8.17. The van der Waals surface area contributed by atoms with Gasteiger partial charge in [-0.1, -0.05) is 54.6 Å². The van der Waals surface area contributed by atoms with Gasteiger partial charge in [0, 0.05) is 29.0 Å². The maximum Gasteiger partial charge on any atom is 0.254 e. The molecule has 0 bridgehead atoms. The van der Waals surface area contributed by atoms with Crippen LogP contribution >= 0.6 is 11.3 Å². The molecule has 0 fully saturated rings. The highest BCUT2D eigenvalue weighted by Crippen LogP contribution is 2.27. The summed E-state index contributed by atoms with van der Waals surface area (Å²) in [7, 11) is 1.97. The van der Waals surface area contributed by atoms with E-state index in [1.54, 1.807) is 11.3 Å². The summed E-state index contributed by atoms with van der Waals surface area (Å²) < 4.78 is 1.99. The molecule has 0 aliphatic heterocycles. The molecule has 0 aliphatic rings. The topological polar surface area (TPSA) is 34.0 Å². The molecule has 0 saturated heterocycles. The molecule has 0 saturated carbocycles. The average molecular weight is 346 g/mol. The van der Waals surface area contributed by atoms with Crippen LogP contribution in [0.4, 0.5) is 0 Å². The van der Waals surface area contributed by atoms with Crippen LogP contribution in [-0.2, 0) is 7.05 Å². The Hall–Kier alpha value is -2.85. The molecule has 2 aromatic heterocycles. The zero-order chi connectivity index (χ0) is 17.2. The predicted octanol–water partition coefficient (Wildman–Crippen LogP) is 4.76. The normalized spacial score (nSPS) is 12.2. The monoisotopic (exact) mass is 346 g/mol. The lowest BCUT2D eigenvalue weighted by Gasteiger charge is -2.18. The number of rotatable bonds is 4. The van der Waals surface area contributed by atoms with Gasteiger partial charge in [-0.25, -0.2) is 0 Å². The Morgan fingerprint density at radius 2 is 1.76 bits per heavy atom. The Labute approximate surface area is 150 Å². The van der Waals surface area contributed by atoms with Crippen LogP contribution in [0.25, 0.3) is 10.9 Å². The van der Waals surface area contributed by atoms with Crippen molar-refractivity contribution in [2.45, 2.75) is 6.04 Å². The fourth-order valence-corrected chi connectivity index (χ4v) is 3.95. The molecule has 25 heavy (non-hydrogen) atoms. The number of para-hydroxylation sites is 1. The highest BCUT2D eigenvalue weighted by atomic mass is 32.1. The van der Waals surface area contributed by atoms with Gasteiger partial charge in [0.25, 0.3) is 5.91 Å². The van der Waals surface area contributed by atoms with Gasteiger partial charge in [-0.3, -0.25) is 4.79 Å². The summed E-state index contributed by atoms with van der Waals surface area (Å²) in [6.45, 7) is 0. The number of fused-ring (bicyclic) bond motifs is 1. The highest BCUT2D eigenvalue weighted by molar-refractivity contribution is 7.10. The minimum Gasteiger partial charge on any atom is -0.350 e. The summed E-state index contributed by atoms with van der Waals surface area (Å²) in [6, 6.07) is 22.0. The molecule has 0 radical (unpaired) electrons. The van der Waals surface area contributed by atoms with Crippen molar-refractivity contribution < 1.29 is 4.79 Å². The second kappa shape index (κ2) is 6.57. The predicted molar refractivity (Wildman–Crippen MR) is 103 cm³/mol. The van der Waals surface area contributed by atoms with Crippen LogP contribution in [0.5, 0.6) is 0 Å². The van der Waals surface area contributed by atoms with E-state index in [-0.39, 0.29) is 11.9 Å². The third kappa shape index (κ3) is 2.96.